The summed E-state index contributed by atoms with van der Waals surface area (Å²) in [6.07, 6.45) is 2.41. The van der Waals surface area contributed by atoms with Crippen LogP contribution < -0.4 is 14.8 Å². The normalized spacial score (nSPS) is 16.3. The Bertz CT molecular complexity index is 811. The average Bonchev–Trinajstić information content (AvgIpc) is 2.71. The molecule has 1 fully saturated rings. The fourth-order valence-electron chi connectivity index (χ4n) is 3.44. The quantitative estimate of drug-likeness (QED) is 0.745. The monoisotopic (exact) mass is 396 g/mol. The van der Waals surface area contributed by atoms with Gasteiger partial charge in [0.05, 0.1) is 0 Å². The number of likely N-dealkylation sites (tertiary alicyclic amines) is 1. The number of hydrogen-bond acceptors (Lipinski definition) is 4. The minimum Gasteiger partial charge on any atom is -0.490 e. The highest BCUT2D eigenvalue weighted by molar-refractivity contribution is 5.94. The van der Waals surface area contributed by atoms with Gasteiger partial charge in [-0.1, -0.05) is 19.1 Å². The van der Waals surface area contributed by atoms with Crippen LogP contribution in [0, 0.1) is 13.8 Å². The summed E-state index contributed by atoms with van der Waals surface area (Å²) in [5.74, 6) is 1.46. The van der Waals surface area contributed by atoms with Gasteiger partial charge in [-0.05, 0) is 81.6 Å². The fourth-order valence-corrected chi connectivity index (χ4v) is 3.44. The first-order valence-electron chi connectivity index (χ1n) is 10.4. The molecule has 5 nitrogen and oxygen atoms in total. The number of hydrogen-bond donors (Lipinski definition) is 1. The largest absolute Gasteiger partial charge is 0.490 e. The van der Waals surface area contributed by atoms with Crippen molar-refractivity contribution in [3.63, 3.8) is 0 Å². The topological polar surface area (TPSA) is 50.8 Å². The summed E-state index contributed by atoms with van der Waals surface area (Å²) in [6.45, 7) is 8.09. The molecule has 0 spiro atoms. The van der Waals surface area contributed by atoms with Crippen LogP contribution >= 0.6 is 0 Å². The Balaban J connectivity index is 1.56. The zero-order valence-corrected chi connectivity index (χ0v) is 17.9. The second kappa shape index (κ2) is 9.79. The van der Waals surface area contributed by atoms with Crippen LogP contribution in [-0.2, 0) is 4.79 Å². The SMILES string of the molecule is CC[C@H](Oc1cc(C)ccc1C)C(=O)Nc1ccc(OC2CCN(C)CC2)cc1. The summed E-state index contributed by atoms with van der Waals surface area (Å²) in [5, 5.41) is 2.96. The zero-order valence-electron chi connectivity index (χ0n) is 17.9. The van der Waals surface area contributed by atoms with E-state index in [1.54, 1.807) is 0 Å². The molecule has 2 aromatic rings. The molecular weight excluding hydrogens is 364 g/mol. The third-order valence-corrected chi connectivity index (χ3v) is 5.37. The Morgan fingerprint density at radius 3 is 2.48 bits per heavy atom. The van der Waals surface area contributed by atoms with Crippen molar-refractivity contribution in [2.75, 3.05) is 25.5 Å². The van der Waals surface area contributed by atoms with Crippen molar-refractivity contribution in [2.24, 2.45) is 0 Å². The first-order chi connectivity index (χ1) is 13.9. The van der Waals surface area contributed by atoms with E-state index in [1.165, 1.54) is 0 Å². The van der Waals surface area contributed by atoms with Gasteiger partial charge in [0.1, 0.15) is 17.6 Å². The molecule has 1 heterocycles. The van der Waals surface area contributed by atoms with Gasteiger partial charge in [-0.3, -0.25) is 4.79 Å². The van der Waals surface area contributed by atoms with Gasteiger partial charge in [0.2, 0.25) is 0 Å². The molecule has 0 aromatic heterocycles. The van der Waals surface area contributed by atoms with Crippen LogP contribution in [0.2, 0.25) is 0 Å². The van der Waals surface area contributed by atoms with Gasteiger partial charge < -0.3 is 19.7 Å². The van der Waals surface area contributed by atoms with Crippen molar-refractivity contribution in [3.8, 4) is 11.5 Å². The highest BCUT2D eigenvalue weighted by Crippen LogP contribution is 2.23. The summed E-state index contributed by atoms with van der Waals surface area (Å²) >= 11 is 0. The van der Waals surface area contributed by atoms with E-state index in [0.29, 0.717) is 6.42 Å². The molecule has 5 heteroatoms. The van der Waals surface area contributed by atoms with Crippen molar-refractivity contribution >= 4 is 11.6 Å². The molecular formula is C24H32N2O3. The number of nitrogens with zero attached hydrogens (tertiary/aromatic N) is 1. The Hall–Kier alpha value is -2.53. The molecule has 1 saturated heterocycles. The van der Waals surface area contributed by atoms with Crippen molar-refractivity contribution in [1.29, 1.82) is 0 Å². The van der Waals surface area contributed by atoms with E-state index in [0.717, 1.165) is 54.2 Å². The van der Waals surface area contributed by atoms with Gasteiger partial charge in [-0.2, -0.15) is 0 Å². The standard InChI is InChI=1S/C24H32N2O3/c1-5-22(29-23-16-17(2)6-7-18(23)3)24(27)25-19-8-10-20(11-9-19)28-21-12-14-26(4)15-13-21/h6-11,16,21-22H,5,12-15H2,1-4H3,(H,25,27)/t22-/m0/s1. The Morgan fingerprint density at radius 1 is 1.14 bits per heavy atom. The van der Waals surface area contributed by atoms with E-state index in [-0.39, 0.29) is 12.0 Å². The Morgan fingerprint density at radius 2 is 1.83 bits per heavy atom. The number of anilines is 1. The van der Waals surface area contributed by atoms with Crippen LogP contribution in [-0.4, -0.2) is 43.2 Å². The fraction of sp³-hybridized carbons (Fsp3) is 0.458. The highest BCUT2D eigenvalue weighted by Gasteiger charge is 2.20. The number of ether oxygens (including phenoxy) is 2. The summed E-state index contributed by atoms with van der Waals surface area (Å²) in [5.41, 5.74) is 2.88. The van der Waals surface area contributed by atoms with E-state index in [2.05, 4.69) is 17.3 Å². The van der Waals surface area contributed by atoms with Crippen LogP contribution in [0.3, 0.4) is 0 Å². The van der Waals surface area contributed by atoms with Crippen LogP contribution in [0.25, 0.3) is 0 Å². The molecule has 29 heavy (non-hydrogen) atoms. The molecule has 0 unspecified atom stereocenters. The minimum absolute atomic E-state index is 0.141. The molecule has 0 saturated carbocycles. The van der Waals surface area contributed by atoms with E-state index >= 15 is 0 Å². The predicted molar refractivity (Wildman–Crippen MR) is 117 cm³/mol. The number of carbonyl (C=O) groups is 1. The van der Waals surface area contributed by atoms with Crippen LogP contribution in [0.1, 0.15) is 37.3 Å². The van der Waals surface area contributed by atoms with Gasteiger partial charge in [0.25, 0.3) is 5.91 Å². The minimum atomic E-state index is -0.536. The molecule has 1 aliphatic heterocycles. The second-order valence-electron chi connectivity index (χ2n) is 7.92. The summed E-state index contributed by atoms with van der Waals surface area (Å²) in [4.78, 5) is 15.0. The lowest BCUT2D eigenvalue weighted by Crippen LogP contribution is -2.35. The molecule has 0 radical (unpaired) electrons. The summed E-state index contributed by atoms with van der Waals surface area (Å²) < 4.78 is 12.1. The van der Waals surface area contributed by atoms with Crippen molar-refractivity contribution in [1.82, 2.24) is 4.90 Å². The maximum absolute atomic E-state index is 12.7. The lowest BCUT2D eigenvalue weighted by Gasteiger charge is -2.29. The number of nitrogens with one attached hydrogen (secondary N) is 1. The number of amides is 1. The Kier molecular flexibility index (Phi) is 7.15. The third kappa shape index (κ3) is 5.97. The average molecular weight is 397 g/mol. The molecule has 0 aliphatic carbocycles. The molecule has 0 bridgehead atoms. The van der Waals surface area contributed by atoms with Gasteiger partial charge in [-0.15, -0.1) is 0 Å². The van der Waals surface area contributed by atoms with Gasteiger partial charge in [0.15, 0.2) is 6.10 Å². The summed E-state index contributed by atoms with van der Waals surface area (Å²) in [6, 6.07) is 13.6. The first kappa shape index (κ1) is 21.2. The number of carbonyl (C=O) groups excluding carboxylic acids is 1. The van der Waals surface area contributed by atoms with Crippen LogP contribution in [0.15, 0.2) is 42.5 Å². The van der Waals surface area contributed by atoms with Gasteiger partial charge in [-0.25, -0.2) is 0 Å². The number of aryl methyl sites for hydroxylation is 2. The maximum atomic E-state index is 12.7. The van der Waals surface area contributed by atoms with Crippen LogP contribution in [0.5, 0.6) is 11.5 Å². The number of benzene rings is 2. The molecule has 1 amide bonds. The van der Waals surface area contributed by atoms with Crippen LogP contribution in [0.4, 0.5) is 5.69 Å². The van der Waals surface area contributed by atoms with Crippen molar-refractivity contribution < 1.29 is 14.3 Å². The van der Waals surface area contributed by atoms with E-state index in [4.69, 9.17) is 9.47 Å². The second-order valence-corrected chi connectivity index (χ2v) is 7.92. The van der Waals surface area contributed by atoms with E-state index < -0.39 is 6.10 Å². The molecule has 1 atom stereocenters. The lowest BCUT2D eigenvalue weighted by atomic mass is 10.1. The smallest absolute Gasteiger partial charge is 0.265 e. The molecule has 1 aliphatic rings. The third-order valence-electron chi connectivity index (χ3n) is 5.37. The zero-order chi connectivity index (χ0) is 20.8. The predicted octanol–water partition coefficient (Wildman–Crippen LogP) is 4.57. The van der Waals surface area contributed by atoms with E-state index in [1.807, 2.05) is 63.2 Å². The lowest BCUT2D eigenvalue weighted by molar-refractivity contribution is -0.122. The molecule has 2 aromatic carbocycles. The maximum Gasteiger partial charge on any atom is 0.265 e. The number of piperidine rings is 1. The Labute approximate surface area is 174 Å². The van der Waals surface area contributed by atoms with Crippen molar-refractivity contribution in [2.45, 2.75) is 52.2 Å². The van der Waals surface area contributed by atoms with E-state index in [9.17, 15) is 4.79 Å². The number of rotatable bonds is 7. The first-order valence-corrected chi connectivity index (χ1v) is 10.4. The molecule has 3 rings (SSSR count). The van der Waals surface area contributed by atoms with Gasteiger partial charge >= 0.3 is 0 Å². The molecule has 156 valence electrons. The van der Waals surface area contributed by atoms with Crippen molar-refractivity contribution in [3.05, 3.63) is 53.6 Å². The molecule has 1 N–H and O–H groups in total. The summed E-state index contributed by atoms with van der Waals surface area (Å²) in [7, 11) is 2.14. The highest BCUT2D eigenvalue weighted by atomic mass is 16.5. The van der Waals surface area contributed by atoms with Gasteiger partial charge in [0, 0.05) is 18.8 Å².